The van der Waals surface area contributed by atoms with Crippen molar-refractivity contribution in [2.45, 2.75) is 77.2 Å². The summed E-state index contributed by atoms with van der Waals surface area (Å²) in [6.07, 6.45) is 7.70. The highest BCUT2D eigenvalue weighted by Gasteiger charge is 2.33. The molecule has 1 aromatic carbocycles. The molecule has 160 valence electrons. The van der Waals surface area contributed by atoms with Gasteiger partial charge < -0.3 is 10.6 Å². The predicted molar refractivity (Wildman–Crippen MR) is 117 cm³/mol. The molecular formula is C24H32N4O2. The largest absolute Gasteiger partial charge is 0.353 e. The van der Waals surface area contributed by atoms with Crippen molar-refractivity contribution >= 4 is 17.6 Å². The molecule has 30 heavy (non-hydrogen) atoms. The van der Waals surface area contributed by atoms with Crippen molar-refractivity contribution in [2.75, 3.05) is 5.32 Å². The zero-order chi connectivity index (χ0) is 21.1. The van der Waals surface area contributed by atoms with Crippen LogP contribution in [0.3, 0.4) is 0 Å². The van der Waals surface area contributed by atoms with Crippen LogP contribution >= 0.6 is 0 Å². The van der Waals surface area contributed by atoms with Crippen LogP contribution in [0.15, 0.2) is 24.3 Å². The molecule has 2 aliphatic carbocycles. The summed E-state index contributed by atoms with van der Waals surface area (Å²) < 4.78 is 0. The maximum Gasteiger partial charge on any atom is 0.228 e. The summed E-state index contributed by atoms with van der Waals surface area (Å²) in [4.78, 5) is 24.8. The van der Waals surface area contributed by atoms with E-state index in [1.807, 2.05) is 6.07 Å². The molecule has 0 atom stereocenters. The van der Waals surface area contributed by atoms with E-state index in [1.54, 1.807) is 0 Å². The highest BCUT2D eigenvalue weighted by molar-refractivity contribution is 5.91. The number of nitrogens with zero attached hydrogens (tertiary/aromatic N) is 1. The number of carbonyl (C=O) groups excluding carboxylic acids is 2. The molecule has 0 unspecified atom stereocenters. The summed E-state index contributed by atoms with van der Waals surface area (Å²) in [5.41, 5.74) is 4.47. The third kappa shape index (κ3) is 5.10. The number of hydrogen-bond donors (Lipinski definition) is 3. The number of aromatic nitrogens is 2. The number of carbonyl (C=O) groups is 2. The van der Waals surface area contributed by atoms with Gasteiger partial charge in [0.05, 0.1) is 6.42 Å². The molecule has 0 bridgehead atoms. The number of anilines is 1. The molecule has 2 aromatic rings. The van der Waals surface area contributed by atoms with E-state index in [1.165, 1.54) is 17.5 Å². The Bertz CT molecular complexity index is 887. The average molecular weight is 409 g/mol. The fourth-order valence-electron chi connectivity index (χ4n) is 4.83. The van der Waals surface area contributed by atoms with Gasteiger partial charge in [0.15, 0.2) is 5.82 Å². The number of H-pyrrole nitrogens is 1. The lowest BCUT2D eigenvalue weighted by Gasteiger charge is -2.35. The van der Waals surface area contributed by atoms with Crippen LogP contribution in [-0.4, -0.2) is 28.1 Å². The van der Waals surface area contributed by atoms with Crippen molar-refractivity contribution in [3.63, 3.8) is 0 Å². The minimum Gasteiger partial charge on any atom is -0.353 e. The molecule has 2 aliphatic rings. The molecule has 3 N–H and O–H groups in total. The van der Waals surface area contributed by atoms with Crippen LogP contribution < -0.4 is 10.6 Å². The lowest BCUT2D eigenvalue weighted by molar-refractivity contribution is -0.122. The first kappa shape index (κ1) is 20.6. The lowest BCUT2D eigenvalue weighted by Crippen LogP contribution is -2.44. The molecule has 0 aliphatic heterocycles. The van der Waals surface area contributed by atoms with Gasteiger partial charge >= 0.3 is 0 Å². The Balaban J connectivity index is 1.22. The summed E-state index contributed by atoms with van der Waals surface area (Å²) in [5, 5.41) is 13.4. The summed E-state index contributed by atoms with van der Waals surface area (Å²) in [5.74, 6) is 1.26. The number of rotatable bonds is 6. The minimum atomic E-state index is 0.0773. The topological polar surface area (TPSA) is 86.9 Å². The Kier molecular flexibility index (Phi) is 6.21. The molecular weight excluding hydrogens is 376 g/mol. The van der Waals surface area contributed by atoms with Gasteiger partial charge in [-0.2, -0.15) is 5.10 Å². The third-order valence-corrected chi connectivity index (χ3v) is 6.41. The quantitative estimate of drug-likeness (QED) is 0.671. The molecule has 1 aromatic heterocycles. The molecule has 6 heteroatoms. The highest BCUT2D eigenvalue weighted by atomic mass is 16.2. The molecule has 0 radical (unpaired) electrons. The molecule has 0 saturated heterocycles. The van der Waals surface area contributed by atoms with Gasteiger partial charge in [-0.1, -0.05) is 48.6 Å². The first-order chi connectivity index (χ1) is 14.5. The summed E-state index contributed by atoms with van der Waals surface area (Å²) in [6.45, 7) is 4.11. The number of amides is 2. The van der Waals surface area contributed by atoms with Gasteiger partial charge in [0.1, 0.15) is 0 Å². The smallest absolute Gasteiger partial charge is 0.228 e. The van der Waals surface area contributed by atoms with Gasteiger partial charge in [-0.25, -0.2) is 0 Å². The Hall–Kier alpha value is -2.63. The van der Waals surface area contributed by atoms with Crippen LogP contribution in [0.4, 0.5) is 5.82 Å². The van der Waals surface area contributed by atoms with Crippen LogP contribution in [0.25, 0.3) is 0 Å². The van der Waals surface area contributed by atoms with E-state index in [9.17, 15) is 9.59 Å². The van der Waals surface area contributed by atoms with Gasteiger partial charge in [-0.3, -0.25) is 14.7 Å². The van der Waals surface area contributed by atoms with Crippen molar-refractivity contribution in [1.82, 2.24) is 15.5 Å². The van der Waals surface area contributed by atoms with E-state index in [4.69, 9.17) is 0 Å². The van der Waals surface area contributed by atoms with Crippen molar-refractivity contribution in [3.8, 4) is 0 Å². The highest BCUT2D eigenvalue weighted by Crippen LogP contribution is 2.36. The standard InChI is InChI=1S/C24H32N4O2/c1-15-8-16(2)10-17(9-15)11-23(29)25-20-12-19(13-20)21-14-22(28-27-21)26-24(30)18-6-4-3-5-7-18/h8-10,14,18-20H,3-7,11-13H2,1-2H3,(H,25,29)(H2,26,27,28,30). The monoisotopic (exact) mass is 408 g/mol. The van der Waals surface area contributed by atoms with Gasteiger partial charge in [0.25, 0.3) is 0 Å². The fraction of sp³-hybridized carbons (Fsp3) is 0.542. The van der Waals surface area contributed by atoms with Crippen LogP contribution in [-0.2, 0) is 16.0 Å². The molecule has 2 saturated carbocycles. The summed E-state index contributed by atoms with van der Waals surface area (Å²) >= 11 is 0. The SMILES string of the molecule is Cc1cc(C)cc(CC(=O)NC2CC(c3cc(NC(=O)C4CCCCC4)n[nH]3)C2)c1. The van der Waals surface area contributed by atoms with E-state index < -0.39 is 0 Å². The number of benzene rings is 1. The molecule has 4 rings (SSSR count). The predicted octanol–water partition coefficient (Wildman–Crippen LogP) is 4.15. The van der Waals surface area contributed by atoms with Crippen LogP contribution in [0.5, 0.6) is 0 Å². The fourth-order valence-corrected chi connectivity index (χ4v) is 4.83. The Morgan fingerprint density at radius 1 is 1.03 bits per heavy atom. The zero-order valence-electron chi connectivity index (χ0n) is 18.0. The van der Waals surface area contributed by atoms with Crippen molar-refractivity contribution in [3.05, 3.63) is 46.6 Å². The number of hydrogen-bond acceptors (Lipinski definition) is 3. The first-order valence-electron chi connectivity index (χ1n) is 11.2. The molecule has 2 amide bonds. The van der Waals surface area contributed by atoms with E-state index >= 15 is 0 Å². The second kappa shape index (κ2) is 9.02. The molecule has 0 spiro atoms. The second-order valence-electron chi connectivity index (χ2n) is 9.14. The molecule has 1 heterocycles. The maximum absolute atomic E-state index is 12.4. The number of aromatic amines is 1. The normalized spacial score (nSPS) is 21.7. The van der Waals surface area contributed by atoms with Crippen LogP contribution in [0.1, 0.15) is 73.2 Å². The van der Waals surface area contributed by atoms with Crippen molar-refractivity contribution < 1.29 is 9.59 Å². The molecule has 6 nitrogen and oxygen atoms in total. The Labute approximate surface area is 178 Å². The van der Waals surface area contributed by atoms with Crippen molar-refractivity contribution in [2.24, 2.45) is 5.92 Å². The van der Waals surface area contributed by atoms with E-state index in [0.717, 1.165) is 49.8 Å². The van der Waals surface area contributed by atoms with Gasteiger partial charge in [-0.05, 0) is 45.1 Å². The van der Waals surface area contributed by atoms with Crippen LogP contribution in [0.2, 0.25) is 0 Å². The lowest BCUT2D eigenvalue weighted by atomic mass is 9.78. The van der Waals surface area contributed by atoms with Crippen molar-refractivity contribution in [1.29, 1.82) is 0 Å². The first-order valence-corrected chi connectivity index (χ1v) is 11.2. The zero-order valence-corrected chi connectivity index (χ0v) is 18.0. The minimum absolute atomic E-state index is 0.0773. The van der Waals surface area contributed by atoms with E-state index in [2.05, 4.69) is 52.9 Å². The average Bonchev–Trinajstić information content (AvgIpc) is 3.12. The molecule has 2 fully saturated rings. The summed E-state index contributed by atoms with van der Waals surface area (Å²) in [6, 6.07) is 8.41. The van der Waals surface area contributed by atoms with E-state index in [0.29, 0.717) is 18.2 Å². The van der Waals surface area contributed by atoms with Gasteiger partial charge in [0.2, 0.25) is 11.8 Å². The maximum atomic E-state index is 12.4. The second-order valence-corrected chi connectivity index (χ2v) is 9.14. The third-order valence-electron chi connectivity index (χ3n) is 6.41. The van der Waals surface area contributed by atoms with Crippen LogP contribution in [0, 0.1) is 19.8 Å². The van der Waals surface area contributed by atoms with E-state index in [-0.39, 0.29) is 23.8 Å². The Morgan fingerprint density at radius 3 is 2.43 bits per heavy atom. The number of nitrogens with one attached hydrogen (secondary N) is 3. The number of aryl methyl sites for hydroxylation is 2. The van der Waals surface area contributed by atoms with Gasteiger partial charge in [-0.15, -0.1) is 0 Å². The Morgan fingerprint density at radius 2 is 1.73 bits per heavy atom. The van der Waals surface area contributed by atoms with Gasteiger partial charge in [0, 0.05) is 29.6 Å². The summed E-state index contributed by atoms with van der Waals surface area (Å²) in [7, 11) is 0.